The van der Waals surface area contributed by atoms with Crippen molar-refractivity contribution in [2.24, 2.45) is 5.73 Å². The summed E-state index contributed by atoms with van der Waals surface area (Å²) in [5, 5.41) is 2.07. The Kier molecular flexibility index (Phi) is 5.34. The predicted octanol–water partition coefficient (Wildman–Crippen LogP) is 3.36. The van der Waals surface area contributed by atoms with Crippen molar-refractivity contribution in [3.8, 4) is 17.6 Å². The molecular weight excluding hydrogens is 274 g/mol. The molecule has 98 valence electrons. The third-order valence-corrected chi connectivity index (χ3v) is 4.61. The van der Waals surface area contributed by atoms with Gasteiger partial charge in [0.1, 0.15) is 5.75 Å². The monoisotopic (exact) mass is 289 g/mol. The highest BCUT2D eigenvalue weighted by molar-refractivity contribution is 7.98. The molecule has 0 saturated heterocycles. The Bertz CT molecular complexity index is 595. The summed E-state index contributed by atoms with van der Waals surface area (Å²) in [6.07, 6.45) is 0. The van der Waals surface area contributed by atoms with Crippen molar-refractivity contribution in [1.29, 1.82) is 0 Å². The minimum atomic E-state index is 0.401. The molecule has 0 spiro atoms. The van der Waals surface area contributed by atoms with Crippen molar-refractivity contribution >= 4 is 23.1 Å². The summed E-state index contributed by atoms with van der Waals surface area (Å²) in [4.78, 5) is 2.49. The lowest BCUT2D eigenvalue weighted by molar-refractivity contribution is 0.413. The van der Waals surface area contributed by atoms with E-state index >= 15 is 0 Å². The Morgan fingerprint density at radius 1 is 1.37 bits per heavy atom. The molecule has 0 saturated carbocycles. The molecule has 2 aromatic rings. The number of hydrogen-bond donors (Lipinski definition) is 1. The van der Waals surface area contributed by atoms with Gasteiger partial charge >= 0.3 is 0 Å². The van der Waals surface area contributed by atoms with Crippen LogP contribution in [0.2, 0.25) is 0 Å². The highest BCUT2D eigenvalue weighted by atomic mass is 32.2. The number of ether oxygens (including phenoxy) is 1. The van der Waals surface area contributed by atoms with Gasteiger partial charge in [-0.25, -0.2) is 0 Å². The summed E-state index contributed by atoms with van der Waals surface area (Å²) in [5.41, 5.74) is 6.49. The number of benzene rings is 1. The first kappa shape index (κ1) is 14.0. The molecule has 1 aromatic heterocycles. The molecule has 0 aliphatic rings. The third-order valence-electron chi connectivity index (χ3n) is 2.48. The Morgan fingerprint density at radius 2 is 2.26 bits per heavy atom. The lowest BCUT2D eigenvalue weighted by atomic mass is 10.3. The third kappa shape index (κ3) is 4.03. The van der Waals surface area contributed by atoms with Crippen molar-refractivity contribution in [2.45, 2.75) is 10.6 Å². The van der Waals surface area contributed by atoms with E-state index in [-0.39, 0.29) is 0 Å². The van der Waals surface area contributed by atoms with Gasteiger partial charge in [0.2, 0.25) is 0 Å². The normalized spacial score (nSPS) is 9.79. The molecule has 0 fully saturated rings. The van der Waals surface area contributed by atoms with Crippen molar-refractivity contribution in [3.63, 3.8) is 0 Å². The average molecular weight is 289 g/mol. The minimum Gasteiger partial charge on any atom is -0.497 e. The molecule has 0 amide bonds. The Balaban J connectivity index is 2.04. The van der Waals surface area contributed by atoms with Crippen LogP contribution in [0.5, 0.6) is 5.75 Å². The molecule has 19 heavy (non-hydrogen) atoms. The van der Waals surface area contributed by atoms with Crippen LogP contribution in [0.3, 0.4) is 0 Å². The van der Waals surface area contributed by atoms with E-state index in [1.807, 2.05) is 18.2 Å². The molecule has 2 N–H and O–H groups in total. The summed E-state index contributed by atoms with van der Waals surface area (Å²) >= 11 is 3.52. The van der Waals surface area contributed by atoms with Gasteiger partial charge in [-0.3, -0.25) is 0 Å². The first-order chi connectivity index (χ1) is 9.33. The molecule has 0 radical (unpaired) electrons. The number of thiophene rings is 1. The fourth-order valence-electron chi connectivity index (χ4n) is 1.55. The van der Waals surface area contributed by atoms with Gasteiger partial charge in [0.15, 0.2) is 0 Å². The average Bonchev–Trinajstić information content (AvgIpc) is 2.90. The summed E-state index contributed by atoms with van der Waals surface area (Å²) in [6, 6.07) is 10.1. The van der Waals surface area contributed by atoms with Crippen LogP contribution in [0.1, 0.15) is 10.4 Å². The number of methoxy groups -OCH3 is 1. The summed E-state index contributed by atoms with van der Waals surface area (Å²) < 4.78 is 5.22. The Labute approximate surface area is 122 Å². The van der Waals surface area contributed by atoms with Gasteiger partial charge in [0.25, 0.3) is 0 Å². The van der Waals surface area contributed by atoms with Crippen molar-refractivity contribution in [3.05, 3.63) is 46.2 Å². The van der Waals surface area contributed by atoms with Gasteiger partial charge in [0.05, 0.1) is 13.7 Å². The van der Waals surface area contributed by atoms with Crippen LogP contribution in [-0.2, 0) is 5.75 Å². The van der Waals surface area contributed by atoms with Gasteiger partial charge in [-0.15, -0.1) is 23.1 Å². The van der Waals surface area contributed by atoms with Gasteiger partial charge in [0, 0.05) is 21.1 Å². The molecule has 1 aromatic carbocycles. The zero-order chi connectivity index (χ0) is 13.5. The highest BCUT2D eigenvalue weighted by Gasteiger charge is 2.03. The number of thioether (sulfide) groups is 1. The second kappa shape index (κ2) is 7.25. The summed E-state index contributed by atoms with van der Waals surface area (Å²) in [6.45, 7) is 0.401. The standard InChI is InChI=1S/C15H15NOS2/c1-17-13-5-2-6-14(10-13)19-11-15-12(4-3-8-16)7-9-18-15/h2,5-7,9-10H,8,11,16H2,1H3. The number of hydrogen-bond acceptors (Lipinski definition) is 4. The zero-order valence-corrected chi connectivity index (χ0v) is 12.3. The van der Waals surface area contributed by atoms with E-state index in [1.54, 1.807) is 30.2 Å². The van der Waals surface area contributed by atoms with Crippen LogP contribution in [0.15, 0.2) is 40.6 Å². The minimum absolute atomic E-state index is 0.401. The molecule has 1 heterocycles. The zero-order valence-electron chi connectivity index (χ0n) is 10.7. The highest BCUT2D eigenvalue weighted by Crippen LogP contribution is 2.29. The maximum Gasteiger partial charge on any atom is 0.119 e. The largest absolute Gasteiger partial charge is 0.497 e. The van der Waals surface area contributed by atoms with E-state index < -0.39 is 0 Å². The fourth-order valence-corrected chi connectivity index (χ4v) is 3.44. The molecule has 0 bridgehead atoms. The molecule has 0 aliphatic heterocycles. The van der Waals surface area contributed by atoms with E-state index in [2.05, 4.69) is 29.4 Å². The van der Waals surface area contributed by atoms with Crippen molar-refractivity contribution in [2.75, 3.05) is 13.7 Å². The molecule has 2 rings (SSSR count). The van der Waals surface area contributed by atoms with Crippen LogP contribution in [0, 0.1) is 11.8 Å². The smallest absolute Gasteiger partial charge is 0.119 e. The maximum absolute atomic E-state index is 5.40. The first-order valence-corrected chi connectivity index (χ1v) is 7.72. The first-order valence-electron chi connectivity index (χ1n) is 5.85. The molecular formula is C15H15NOS2. The van der Waals surface area contributed by atoms with E-state index in [9.17, 15) is 0 Å². The lowest BCUT2D eigenvalue weighted by Crippen LogP contribution is -1.93. The van der Waals surface area contributed by atoms with Crippen LogP contribution < -0.4 is 10.5 Å². The van der Waals surface area contributed by atoms with Crippen LogP contribution in [0.4, 0.5) is 0 Å². The van der Waals surface area contributed by atoms with E-state index in [0.29, 0.717) is 6.54 Å². The molecule has 0 unspecified atom stereocenters. The molecule has 0 aliphatic carbocycles. The van der Waals surface area contributed by atoms with Crippen LogP contribution >= 0.6 is 23.1 Å². The maximum atomic E-state index is 5.40. The van der Waals surface area contributed by atoms with E-state index in [4.69, 9.17) is 10.5 Å². The Hall–Kier alpha value is -1.41. The second-order valence-electron chi connectivity index (χ2n) is 3.73. The molecule has 0 atom stereocenters. The summed E-state index contributed by atoms with van der Waals surface area (Å²) in [7, 11) is 1.68. The quantitative estimate of drug-likeness (QED) is 0.692. The molecule has 4 heteroatoms. The van der Waals surface area contributed by atoms with Crippen LogP contribution in [0.25, 0.3) is 0 Å². The van der Waals surface area contributed by atoms with Gasteiger partial charge in [-0.05, 0) is 29.6 Å². The van der Waals surface area contributed by atoms with Crippen molar-refractivity contribution < 1.29 is 4.74 Å². The molecule has 2 nitrogen and oxygen atoms in total. The Morgan fingerprint density at radius 3 is 3.05 bits per heavy atom. The van der Waals surface area contributed by atoms with E-state index in [1.165, 1.54) is 9.77 Å². The SMILES string of the molecule is COc1cccc(SCc2sccc2C#CCN)c1. The van der Waals surface area contributed by atoms with Gasteiger partial charge in [-0.2, -0.15) is 0 Å². The second-order valence-corrected chi connectivity index (χ2v) is 5.78. The van der Waals surface area contributed by atoms with Gasteiger partial charge < -0.3 is 10.5 Å². The number of nitrogens with two attached hydrogens (primary N) is 1. The summed E-state index contributed by atoms with van der Waals surface area (Å²) in [5.74, 6) is 7.82. The number of rotatable bonds is 4. The fraction of sp³-hybridized carbons (Fsp3) is 0.200. The topological polar surface area (TPSA) is 35.2 Å². The van der Waals surface area contributed by atoms with Gasteiger partial charge in [-0.1, -0.05) is 17.9 Å². The predicted molar refractivity (Wildman–Crippen MR) is 82.8 cm³/mol. The van der Waals surface area contributed by atoms with Crippen LogP contribution in [-0.4, -0.2) is 13.7 Å². The van der Waals surface area contributed by atoms with E-state index in [0.717, 1.165) is 17.1 Å². The van der Waals surface area contributed by atoms with Crippen molar-refractivity contribution in [1.82, 2.24) is 0 Å². The lowest BCUT2D eigenvalue weighted by Gasteiger charge is -2.03.